The van der Waals surface area contributed by atoms with E-state index in [9.17, 15) is 9.59 Å². The van der Waals surface area contributed by atoms with E-state index < -0.39 is 5.54 Å². The lowest BCUT2D eigenvalue weighted by Crippen LogP contribution is -2.64. The smallest absolute Gasteiger partial charge is 0.277 e. The summed E-state index contributed by atoms with van der Waals surface area (Å²) in [5, 5.41) is 7.57. The first-order valence-electron chi connectivity index (χ1n) is 10.9. The molecule has 1 N–H and O–H groups in total. The van der Waals surface area contributed by atoms with Gasteiger partial charge in [0.25, 0.3) is 5.91 Å². The van der Waals surface area contributed by atoms with E-state index in [1.54, 1.807) is 67.4 Å². The minimum Gasteiger partial charge on any atom is -0.497 e. The Bertz CT molecular complexity index is 1330. The standard InChI is InChI=1S/C26H24N4O4/c1-26(25(32)27-16-18-8-4-3-5-9-18)17-29-22(15-21(28-29)23-12-7-13-34-23)24(31)30(26)19-10-6-11-20(14-19)33-2/h3-15H,16-17H2,1-2H3,(H,27,32)/t26-/m1/s1. The van der Waals surface area contributed by atoms with E-state index in [0.29, 0.717) is 35.1 Å². The Morgan fingerprint density at radius 2 is 1.94 bits per heavy atom. The van der Waals surface area contributed by atoms with Gasteiger partial charge in [0.1, 0.15) is 22.7 Å². The molecule has 8 nitrogen and oxygen atoms in total. The Hall–Kier alpha value is -4.33. The third-order valence-corrected chi connectivity index (χ3v) is 6.02. The normalized spacial score (nSPS) is 17.4. The first-order valence-corrected chi connectivity index (χ1v) is 10.9. The molecule has 0 spiro atoms. The zero-order valence-electron chi connectivity index (χ0n) is 18.9. The monoisotopic (exact) mass is 456 g/mol. The van der Waals surface area contributed by atoms with Gasteiger partial charge in [-0.25, -0.2) is 0 Å². The van der Waals surface area contributed by atoms with Crippen LogP contribution in [0.25, 0.3) is 11.5 Å². The number of benzene rings is 2. The molecule has 1 aliphatic heterocycles. The van der Waals surface area contributed by atoms with Crippen molar-refractivity contribution in [2.24, 2.45) is 0 Å². The van der Waals surface area contributed by atoms with Crippen molar-refractivity contribution in [2.45, 2.75) is 25.6 Å². The minimum atomic E-state index is -1.24. The summed E-state index contributed by atoms with van der Waals surface area (Å²) in [7, 11) is 1.56. The van der Waals surface area contributed by atoms with E-state index in [0.717, 1.165) is 5.56 Å². The number of anilines is 1. The lowest BCUT2D eigenvalue weighted by atomic mass is 9.93. The van der Waals surface area contributed by atoms with Gasteiger partial charge in [-0.3, -0.25) is 19.2 Å². The zero-order valence-corrected chi connectivity index (χ0v) is 18.9. The van der Waals surface area contributed by atoms with E-state index in [-0.39, 0.29) is 18.4 Å². The van der Waals surface area contributed by atoms with E-state index in [2.05, 4.69) is 10.4 Å². The Morgan fingerprint density at radius 1 is 1.12 bits per heavy atom. The van der Waals surface area contributed by atoms with Crippen LogP contribution >= 0.6 is 0 Å². The fourth-order valence-electron chi connectivity index (χ4n) is 4.25. The molecule has 2 aromatic carbocycles. The number of aromatic nitrogens is 2. The van der Waals surface area contributed by atoms with Gasteiger partial charge in [0.15, 0.2) is 5.76 Å². The number of furan rings is 1. The van der Waals surface area contributed by atoms with Gasteiger partial charge in [-0.05, 0) is 36.8 Å². The maximum absolute atomic E-state index is 13.8. The fourth-order valence-corrected chi connectivity index (χ4v) is 4.25. The van der Waals surface area contributed by atoms with Crippen molar-refractivity contribution in [1.29, 1.82) is 0 Å². The van der Waals surface area contributed by atoms with Gasteiger partial charge in [0.05, 0.1) is 19.9 Å². The summed E-state index contributed by atoms with van der Waals surface area (Å²) < 4.78 is 12.4. The number of methoxy groups -OCH3 is 1. The molecule has 0 radical (unpaired) electrons. The summed E-state index contributed by atoms with van der Waals surface area (Å²) in [4.78, 5) is 29.0. The highest BCUT2D eigenvalue weighted by Crippen LogP contribution is 2.35. The molecule has 0 unspecified atom stereocenters. The van der Waals surface area contributed by atoms with E-state index in [4.69, 9.17) is 9.15 Å². The average molecular weight is 457 g/mol. The Morgan fingerprint density at radius 3 is 2.68 bits per heavy atom. The highest BCUT2D eigenvalue weighted by atomic mass is 16.5. The molecule has 4 aromatic rings. The molecule has 8 heteroatoms. The molecule has 0 saturated carbocycles. The van der Waals surface area contributed by atoms with Gasteiger partial charge in [0.2, 0.25) is 5.91 Å². The van der Waals surface area contributed by atoms with Crippen molar-refractivity contribution >= 4 is 17.5 Å². The Labute approximate surface area is 196 Å². The Kier molecular flexibility index (Phi) is 5.41. The maximum atomic E-state index is 13.8. The molecule has 172 valence electrons. The molecule has 0 bridgehead atoms. The van der Waals surface area contributed by atoms with Gasteiger partial charge in [-0.1, -0.05) is 36.4 Å². The van der Waals surface area contributed by atoms with E-state index >= 15 is 0 Å². The van der Waals surface area contributed by atoms with Crippen molar-refractivity contribution in [3.05, 3.63) is 90.3 Å². The van der Waals surface area contributed by atoms with Crippen molar-refractivity contribution in [1.82, 2.24) is 15.1 Å². The predicted molar refractivity (Wildman–Crippen MR) is 126 cm³/mol. The number of nitrogens with one attached hydrogen (secondary N) is 1. The largest absolute Gasteiger partial charge is 0.497 e. The highest BCUT2D eigenvalue weighted by molar-refractivity contribution is 6.12. The number of fused-ring (bicyclic) bond motifs is 1. The van der Waals surface area contributed by atoms with Crippen molar-refractivity contribution in [3.63, 3.8) is 0 Å². The summed E-state index contributed by atoms with van der Waals surface area (Å²) in [6.45, 7) is 2.27. The molecular formula is C26H24N4O4. The van der Waals surface area contributed by atoms with Gasteiger partial charge < -0.3 is 14.5 Å². The molecule has 5 rings (SSSR count). The number of hydrogen-bond acceptors (Lipinski definition) is 5. The summed E-state index contributed by atoms with van der Waals surface area (Å²) >= 11 is 0. The second-order valence-electron chi connectivity index (χ2n) is 8.33. The van der Waals surface area contributed by atoms with Crippen molar-refractivity contribution in [3.8, 4) is 17.2 Å². The van der Waals surface area contributed by atoms with Crippen LogP contribution < -0.4 is 15.0 Å². The van der Waals surface area contributed by atoms with E-state index in [1.165, 1.54) is 4.90 Å². The second-order valence-corrected chi connectivity index (χ2v) is 8.33. The van der Waals surface area contributed by atoms with Crippen LogP contribution in [0.1, 0.15) is 23.0 Å². The summed E-state index contributed by atoms with van der Waals surface area (Å²) in [5.41, 5.74) is 1.20. The van der Waals surface area contributed by atoms with Gasteiger partial charge >= 0.3 is 0 Å². The summed E-state index contributed by atoms with van der Waals surface area (Å²) in [6.07, 6.45) is 1.55. The molecule has 1 aliphatic rings. The van der Waals surface area contributed by atoms with Gasteiger partial charge in [-0.2, -0.15) is 5.10 Å². The van der Waals surface area contributed by atoms with Crippen LogP contribution in [0.2, 0.25) is 0 Å². The first kappa shape index (κ1) is 21.5. The number of amides is 2. The van der Waals surface area contributed by atoms with E-state index in [1.807, 2.05) is 30.3 Å². The fraction of sp³-hybridized carbons (Fsp3) is 0.192. The predicted octanol–water partition coefficient (Wildman–Crippen LogP) is 3.89. The molecular weight excluding hydrogens is 432 g/mol. The molecule has 0 saturated heterocycles. The van der Waals surface area contributed by atoms with Crippen LogP contribution in [0.15, 0.2) is 83.5 Å². The number of hydrogen-bond donors (Lipinski definition) is 1. The number of ether oxygens (including phenoxy) is 1. The quantitative estimate of drug-likeness (QED) is 0.476. The molecule has 1 atom stereocenters. The molecule has 0 fully saturated rings. The van der Waals surface area contributed by atoms with Crippen LogP contribution in [-0.4, -0.2) is 34.2 Å². The van der Waals surface area contributed by atoms with Gasteiger partial charge in [0, 0.05) is 24.4 Å². The second kappa shape index (κ2) is 8.55. The minimum absolute atomic E-state index is 0.173. The summed E-state index contributed by atoms with van der Waals surface area (Å²) in [6, 6.07) is 22.0. The van der Waals surface area contributed by atoms with Crippen molar-refractivity contribution < 1.29 is 18.7 Å². The summed E-state index contributed by atoms with van der Waals surface area (Å²) in [5.74, 6) is 0.529. The van der Waals surface area contributed by atoms with Crippen LogP contribution in [0.4, 0.5) is 5.69 Å². The Balaban J connectivity index is 1.55. The number of carbonyl (C=O) groups is 2. The van der Waals surface area contributed by atoms with Crippen LogP contribution in [-0.2, 0) is 17.9 Å². The molecule has 2 aromatic heterocycles. The number of nitrogens with zero attached hydrogens (tertiary/aromatic N) is 3. The highest BCUT2D eigenvalue weighted by Gasteiger charge is 2.49. The van der Waals surface area contributed by atoms with Gasteiger partial charge in [-0.15, -0.1) is 0 Å². The lowest BCUT2D eigenvalue weighted by molar-refractivity contribution is -0.126. The zero-order chi connectivity index (χ0) is 23.7. The van der Waals surface area contributed by atoms with Crippen LogP contribution in [0.5, 0.6) is 5.75 Å². The molecule has 3 heterocycles. The third kappa shape index (κ3) is 3.73. The molecule has 0 aliphatic carbocycles. The van der Waals surface area contributed by atoms with Crippen LogP contribution in [0.3, 0.4) is 0 Å². The average Bonchev–Trinajstić information content (AvgIpc) is 3.53. The third-order valence-electron chi connectivity index (χ3n) is 6.02. The molecule has 2 amide bonds. The van der Waals surface area contributed by atoms with Crippen LogP contribution in [0, 0.1) is 0 Å². The first-order chi connectivity index (χ1) is 16.5. The number of carbonyl (C=O) groups excluding carboxylic acids is 2. The maximum Gasteiger partial charge on any atom is 0.277 e. The SMILES string of the molecule is COc1cccc(N2C(=O)c3cc(-c4ccco4)nn3C[C@]2(C)C(=O)NCc2ccccc2)c1. The number of rotatable bonds is 6. The molecule has 34 heavy (non-hydrogen) atoms. The van der Waals surface area contributed by atoms with Crippen molar-refractivity contribution in [2.75, 3.05) is 12.0 Å². The topological polar surface area (TPSA) is 89.6 Å². The lowest BCUT2D eigenvalue weighted by Gasteiger charge is -2.43.